The number of fused-ring (bicyclic) bond motifs is 1. The van der Waals surface area contributed by atoms with Gasteiger partial charge in [0.2, 0.25) is 0 Å². The van der Waals surface area contributed by atoms with Crippen molar-refractivity contribution < 1.29 is 14.3 Å². The smallest absolute Gasteiger partial charge is 0.339 e. The van der Waals surface area contributed by atoms with Crippen molar-refractivity contribution in [2.24, 2.45) is 0 Å². The van der Waals surface area contributed by atoms with E-state index in [-0.39, 0.29) is 19.2 Å². The van der Waals surface area contributed by atoms with Crippen molar-refractivity contribution >= 4 is 32.8 Å². The molecule has 0 aliphatic carbocycles. The van der Waals surface area contributed by atoms with Gasteiger partial charge in [-0.1, -0.05) is 70.0 Å². The molecular weight excluding hydrogens is 442 g/mol. The lowest BCUT2D eigenvalue weighted by Crippen LogP contribution is -2.13. The highest BCUT2D eigenvalue weighted by Crippen LogP contribution is 2.26. The van der Waals surface area contributed by atoms with Crippen LogP contribution in [0, 0.1) is 6.92 Å². The molecule has 4 rings (SSSR count). The lowest BCUT2D eigenvalue weighted by atomic mass is 10.0. The molecule has 0 saturated heterocycles. The molecule has 0 aliphatic heterocycles. The van der Waals surface area contributed by atoms with E-state index in [2.05, 4.69) is 15.9 Å². The largest absolute Gasteiger partial charge is 0.490 e. The molecule has 0 N–H and O–H groups in total. The monoisotopic (exact) mass is 461 g/mol. The van der Waals surface area contributed by atoms with Crippen molar-refractivity contribution in [2.75, 3.05) is 13.2 Å². The average Bonchev–Trinajstić information content (AvgIpc) is 2.76. The van der Waals surface area contributed by atoms with E-state index in [9.17, 15) is 4.79 Å². The average molecular weight is 462 g/mol. The molecule has 0 saturated carbocycles. The van der Waals surface area contributed by atoms with Gasteiger partial charge < -0.3 is 9.47 Å². The summed E-state index contributed by atoms with van der Waals surface area (Å²) in [5.74, 6) is 0.330. The van der Waals surface area contributed by atoms with Crippen LogP contribution in [0.2, 0.25) is 0 Å². The van der Waals surface area contributed by atoms with Crippen LogP contribution >= 0.6 is 15.9 Å². The van der Waals surface area contributed by atoms with E-state index in [0.717, 1.165) is 32.4 Å². The number of benzene rings is 3. The number of halogens is 1. The molecule has 0 spiro atoms. The summed E-state index contributed by atoms with van der Waals surface area (Å²) < 4.78 is 12.1. The molecule has 4 nitrogen and oxygen atoms in total. The minimum Gasteiger partial charge on any atom is -0.490 e. The van der Waals surface area contributed by atoms with Crippen molar-refractivity contribution in [3.8, 4) is 17.0 Å². The number of rotatable bonds is 6. The van der Waals surface area contributed by atoms with Gasteiger partial charge in [0.15, 0.2) is 0 Å². The van der Waals surface area contributed by atoms with Gasteiger partial charge in [0.05, 0.1) is 16.8 Å². The second kappa shape index (κ2) is 9.09. The Balaban J connectivity index is 1.53. The van der Waals surface area contributed by atoms with Crippen LogP contribution in [0.5, 0.6) is 5.75 Å². The number of nitrogens with zero attached hydrogens (tertiary/aromatic N) is 1. The van der Waals surface area contributed by atoms with Gasteiger partial charge in [0.25, 0.3) is 0 Å². The topological polar surface area (TPSA) is 48.4 Å². The number of para-hydroxylation sites is 1. The first-order valence-corrected chi connectivity index (χ1v) is 10.4. The maximum Gasteiger partial charge on any atom is 0.339 e. The molecule has 0 fully saturated rings. The van der Waals surface area contributed by atoms with E-state index in [1.165, 1.54) is 5.56 Å². The third-order valence-corrected chi connectivity index (χ3v) is 5.16. The van der Waals surface area contributed by atoms with Crippen molar-refractivity contribution in [2.45, 2.75) is 6.92 Å². The van der Waals surface area contributed by atoms with Crippen LogP contribution < -0.4 is 4.74 Å². The van der Waals surface area contributed by atoms with Crippen LogP contribution in [0.15, 0.2) is 83.3 Å². The molecule has 0 radical (unpaired) electrons. The molecule has 0 atom stereocenters. The molecule has 1 aromatic heterocycles. The summed E-state index contributed by atoms with van der Waals surface area (Å²) in [5.41, 5.74) is 4.13. The van der Waals surface area contributed by atoms with Gasteiger partial charge in [-0.15, -0.1) is 0 Å². The molecule has 150 valence electrons. The van der Waals surface area contributed by atoms with Crippen LogP contribution in [0.4, 0.5) is 0 Å². The molecule has 30 heavy (non-hydrogen) atoms. The fourth-order valence-electron chi connectivity index (χ4n) is 3.14. The van der Waals surface area contributed by atoms with Gasteiger partial charge >= 0.3 is 5.97 Å². The number of pyridine rings is 1. The summed E-state index contributed by atoms with van der Waals surface area (Å²) in [6.07, 6.45) is 0. The predicted molar refractivity (Wildman–Crippen MR) is 122 cm³/mol. The Labute approximate surface area is 183 Å². The summed E-state index contributed by atoms with van der Waals surface area (Å²) in [5, 5.41) is 0.770. The van der Waals surface area contributed by atoms with Gasteiger partial charge in [-0.05, 0) is 37.3 Å². The molecule has 4 aromatic rings. The Bertz CT molecular complexity index is 1190. The third kappa shape index (κ3) is 4.69. The quantitative estimate of drug-likeness (QED) is 0.253. The van der Waals surface area contributed by atoms with Crippen LogP contribution in [-0.2, 0) is 4.74 Å². The van der Waals surface area contributed by atoms with Gasteiger partial charge in [0.1, 0.15) is 19.0 Å². The minimum absolute atomic E-state index is 0.155. The van der Waals surface area contributed by atoms with Crippen LogP contribution in [-0.4, -0.2) is 24.2 Å². The first-order chi connectivity index (χ1) is 14.6. The molecule has 0 amide bonds. The zero-order chi connectivity index (χ0) is 20.9. The fourth-order valence-corrected chi connectivity index (χ4v) is 3.52. The van der Waals surface area contributed by atoms with E-state index in [1.807, 2.05) is 79.7 Å². The van der Waals surface area contributed by atoms with E-state index in [1.54, 1.807) is 6.07 Å². The molecule has 0 aliphatic rings. The number of hydrogen-bond acceptors (Lipinski definition) is 4. The van der Waals surface area contributed by atoms with Crippen LogP contribution in [0.1, 0.15) is 15.9 Å². The van der Waals surface area contributed by atoms with E-state index in [4.69, 9.17) is 14.5 Å². The number of hydrogen-bond donors (Lipinski definition) is 0. The summed E-state index contributed by atoms with van der Waals surface area (Å²) in [6.45, 7) is 2.47. The van der Waals surface area contributed by atoms with Crippen molar-refractivity contribution in [3.63, 3.8) is 0 Å². The van der Waals surface area contributed by atoms with Gasteiger partial charge in [-0.2, -0.15) is 0 Å². The van der Waals surface area contributed by atoms with E-state index in [0.29, 0.717) is 5.56 Å². The molecule has 1 heterocycles. The van der Waals surface area contributed by atoms with Crippen molar-refractivity contribution in [1.82, 2.24) is 4.98 Å². The van der Waals surface area contributed by atoms with Crippen LogP contribution in [0.3, 0.4) is 0 Å². The maximum absolute atomic E-state index is 12.8. The predicted octanol–water partition coefficient (Wildman–Crippen LogP) is 6.21. The Morgan fingerprint density at radius 2 is 1.73 bits per heavy atom. The molecular formula is C25H20BrNO3. The maximum atomic E-state index is 12.8. The molecule has 0 bridgehead atoms. The molecule has 3 aromatic carbocycles. The molecule has 0 unspecified atom stereocenters. The summed E-state index contributed by atoms with van der Waals surface area (Å²) >= 11 is 3.41. The number of carbonyl (C=O) groups excluding carboxylic acids is 1. The highest BCUT2D eigenvalue weighted by molar-refractivity contribution is 9.10. The minimum atomic E-state index is -0.389. The second-order valence-corrected chi connectivity index (χ2v) is 7.80. The summed E-state index contributed by atoms with van der Waals surface area (Å²) in [7, 11) is 0. The second-order valence-electron chi connectivity index (χ2n) is 6.88. The highest BCUT2D eigenvalue weighted by atomic mass is 79.9. The van der Waals surface area contributed by atoms with Gasteiger partial charge in [-0.3, -0.25) is 0 Å². The Morgan fingerprint density at radius 3 is 2.53 bits per heavy atom. The van der Waals surface area contributed by atoms with Crippen molar-refractivity contribution in [3.05, 3.63) is 94.5 Å². The Hall–Kier alpha value is -3.18. The van der Waals surface area contributed by atoms with Gasteiger partial charge in [-0.25, -0.2) is 9.78 Å². The standard InChI is InChI=1S/C25H20BrNO3/c1-17-9-11-18(12-10-17)24-16-22(21-7-2-3-8-23(21)27-24)25(28)30-14-13-29-20-6-4-5-19(26)15-20/h2-12,15-16H,13-14H2,1H3. The normalized spacial score (nSPS) is 10.7. The Morgan fingerprint density at radius 1 is 0.933 bits per heavy atom. The zero-order valence-electron chi connectivity index (χ0n) is 16.5. The van der Waals surface area contributed by atoms with Crippen LogP contribution in [0.25, 0.3) is 22.2 Å². The number of carbonyl (C=O) groups is 1. The highest BCUT2D eigenvalue weighted by Gasteiger charge is 2.15. The summed E-state index contributed by atoms with van der Waals surface area (Å²) in [6, 6.07) is 25.0. The SMILES string of the molecule is Cc1ccc(-c2cc(C(=O)OCCOc3cccc(Br)c3)c3ccccc3n2)cc1. The third-order valence-electron chi connectivity index (χ3n) is 4.66. The van der Waals surface area contributed by atoms with E-state index < -0.39 is 0 Å². The fraction of sp³-hybridized carbons (Fsp3) is 0.120. The summed E-state index contributed by atoms with van der Waals surface area (Å²) in [4.78, 5) is 17.6. The first kappa shape index (κ1) is 20.1. The number of aromatic nitrogens is 1. The number of aryl methyl sites for hydroxylation is 1. The first-order valence-electron chi connectivity index (χ1n) is 9.62. The number of ether oxygens (including phenoxy) is 2. The lowest BCUT2D eigenvalue weighted by Gasteiger charge is -2.11. The Kier molecular flexibility index (Phi) is 6.10. The lowest BCUT2D eigenvalue weighted by molar-refractivity contribution is 0.0452. The van der Waals surface area contributed by atoms with Gasteiger partial charge in [0, 0.05) is 15.4 Å². The van der Waals surface area contributed by atoms with E-state index >= 15 is 0 Å². The number of esters is 1. The zero-order valence-corrected chi connectivity index (χ0v) is 18.1. The molecule has 5 heteroatoms. The van der Waals surface area contributed by atoms with Crippen molar-refractivity contribution in [1.29, 1.82) is 0 Å².